The van der Waals surface area contributed by atoms with Gasteiger partial charge < -0.3 is 14.6 Å². The highest BCUT2D eigenvalue weighted by Gasteiger charge is 2.18. The third kappa shape index (κ3) is 3.58. The molecular weight excluding hydrogens is 300 g/mol. The lowest BCUT2D eigenvalue weighted by molar-refractivity contribution is 0.0422. The van der Waals surface area contributed by atoms with E-state index in [0.717, 1.165) is 27.8 Å². The maximum Gasteiger partial charge on any atom is 0.231 e. The van der Waals surface area contributed by atoms with Crippen molar-refractivity contribution in [1.82, 2.24) is 9.88 Å². The summed E-state index contributed by atoms with van der Waals surface area (Å²) in [7, 11) is 1.98. The van der Waals surface area contributed by atoms with Crippen molar-refractivity contribution < 1.29 is 14.6 Å². The van der Waals surface area contributed by atoms with E-state index in [1.165, 1.54) is 0 Å². The van der Waals surface area contributed by atoms with Crippen molar-refractivity contribution in [2.75, 3.05) is 20.4 Å². The normalized spacial score (nSPS) is 13.9. The van der Waals surface area contributed by atoms with Crippen LogP contribution in [0.1, 0.15) is 19.5 Å². The monoisotopic (exact) mass is 320 g/mol. The molecule has 1 aromatic carbocycles. The van der Waals surface area contributed by atoms with Gasteiger partial charge in [-0.2, -0.15) is 0 Å². The summed E-state index contributed by atoms with van der Waals surface area (Å²) < 4.78 is 10.7. The maximum atomic E-state index is 9.85. The Labute approximate surface area is 134 Å². The molecule has 6 heteroatoms. The van der Waals surface area contributed by atoms with E-state index >= 15 is 0 Å². The second-order valence-electron chi connectivity index (χ2n) is 6.20. The Balaban J connectivity index is 1.71. The van der Waals surface area contributed by atoms with E-state index in [0.29, 0.717) is 13.1 Å². The first-order valence-corrected chi connectivity index (χ1v) is 8.04. The summed E-state index contributed by atoms with van der Waals surface area (Å²) >= 11 is 1.61. The quantitative estimate of drug-likeness (QED) is 0.918. The smallest absolute Gasteiger partial charge is 0.231 e. The molecule has 2 heterocycles. The first kappa shape index (κ1) is 15.3. The molecule has 1 N–H and O–H groups in total. The molecule has 1 aliphatic heterocycles. The van der Waals surface area contributed by atoms with Crippen LogP contribution in [0.15, 0.2) is 23.6 Å². The van der Waals surface area contributed by atoms with Crippen LogP contribution in [-0.4, -0.2) is 41.0 Å². The number of aromatic nitrogens is 1. The van der Waals surface area contributed by atoms with E-state index in [1.54, 1.807) is 11.3 Å². The van der Waals surface area contributed by atoms with Gasteiger partial charge in [-0.15, -0.1) is 11.3 Å². The molecule has 0 amide bonds. The van der Waals surface area contributed by atoms with Crippen molar-refractivity contribution in [2.45, 2.75) is 26.0 Å². The highest BCUT2D eigenvalue weighted by Crippen LogP contribution is 2.36. The molecule has 118 valence electrons. The molecule has 0 radical (unpaired) electrons. The lowest BCUT2D eigenvalue weighted by atomic mass is 10.1. The largest absolute Gasteiger partial charge is 0.454 e. The van der Waals surface area contributed by atoms with Crippen molar-refractivity contribution in [2.24, 2.45) is 0 Å². The highest BCUT2D eigenvalue weighted by molar-refractivity contribution is 7.13. The lowest BCUT2D eigenvalue weighted by Gasteiger charge is -2.24. The molecular formula is C16H20N2O3S. The number of fused-ring (bicyclic) bond motifs is 1. The van der Waals surface area contributed by atoms with E-state index in [-0.39, 0.29) is 6.79 Å². The van der Waals surface area contributed by atoms with Gasteiger partial charge in [0.25, 0.3) is 0 Å². The number of benzene rings is 1. The fourth-order valence-electron chi connectivity index (χ4n) is 2.53. The van der Waals surface area contributed by atoms with Crippen molar-refractivity contribution in [3.63, 3.8) is 0 Å². The average Bonchev–Trinajstić information content (AvgIpc) is 3.03. The van der Waals surface area contributed by atoms with Gasteiger partial charge in [0, 0.05) is 24.0 Å². The summed E-state index contributed by atoms with van der Waals surface area (Å²) in [5, 5.41) is 12.9. The second-order valence-corrected chi connectivity index (χ2v) is 7.05. The van der Waals surface area contributed by atoms with Gasteiger partial charge in [0.2, 0.25) is 6.79 Å². The lowest BCUT2D eigenvalue weighted by Crippen LogP contribution is -2.35. The minimum atomic E-state index is -0.703. The van der Waals surface area contributed by atoms with Gasteiger partial charge in [0.15, 0.2) is 11.5 Å². The van der Waals surface area contributed by atoms with E-state index in [2.05, 4.69) is 15.3 Å². The van der Waals surface area contributed by atoms with Crippen LogP contribution in [0.3, 0.4) is 0 Å². The molecule has 0 atom stereocenters. The van der Waals surface area contributed by atoms with Gasteiger partial charge in [-0.05, 0) is 39.1 Å². The van der Waals surface area contributed by atoms with Crippen LogP contribution in [0, 0.1) is 0 Å². The van der Waals surface area contributed by atoms with E-state index in [9.17, 15) is 5.11 Å². The van der Waals surface area contributed by atoms with E-state index in [1.807, 2.05) is 39.1 Å². The summed E-state index contributed by atoms with van der Waals surface area (Å²) in [5.41, 5.74) is 1.33. The summed E-state index contributed by atoms with van der Waals surface area (Å²) in [6.07, 6.45) is 0. The third-order valence-corrected chi connectivity index (χ3v) is 4.20. The van der Waals surface area contributed by atoms with Crippen molar-refractivity contribution in [3.8, 4) is 22.1 Å². The molecule has 1 aliphatic rings. The molecule has 0 bridgehead atoms. The van der Waals surface area contributed by atoms with Crippen LogP contribution in [0.2, 0.25) is 0 Å². The maximum absolute atomic E-state index is 9.85. The molecule has 1 aromatic heterocycles. The number of ether oxygens (including phenoxy) is 2. The number of aliphatic hydroxyl groups is 1. The Morgan fingerprint density at radius 3 is 2.86 bits per heavy atom. The Morgan fingerprint density at radius 1 is 1.32 bits per heavy atom. The first-order chi connectivity index (χ1) is 10.4. The standard InChI is InChI=1S/C16H20N2O3S/c1-16(2,19)9-18(3)7-12-8-22-15(17-12)11-4-5-13-14(6-11)21-10-20-13/h4-6,8,19H,7,9-10H2,1-3H3. The number of hydrogen-bond donors (Lipinski definition) is 1. The topological polar surface area (TPSA) is 54.8 Å². The number of rotatable bonds is 5. The van der Waals surface area contributed by atoms with Gasteiger partial charge in [-0.25, -0.2) is 4.98 Å². The number of thiazole rings is 1. The molecule has 0 aliphatic carbocycles. The molecule has 2 aromatic rings. The molecule has 3 rings (SSSR count). The fraction of sp³-hybridized carbons (Fsp3) is 0.438. The summed E-state index contributed by atoms with van der Waals surface area (Å²) in [6, 6.07) is 5.88. The van der Waals surface area contributed by atoms with Crippen LogP contribution in [-0.2, 0) is 6.54 Å². The Hall–Kier alpha value is -1.63. The molecule has 5 nitrogen and oxygen atoms in total. The average molecular weight is 320 g/mol. The third-order valence-electron chi connectivity index (χ3n) is 3.26. The van der Waals surface area contributed by atoms with E-state index < -0.39 is 5.60 Å². The van der Waals surface area contributed by atoms with Crippen LogP contribution in [0.25, 0.3) is 10.6 Å². The Morgan fingerprint density at radius 2 is 2.09 bits per heavy atom. The SMILES string of the molecule is CN(Cc1csc(-c2ccc3c(c2)OCO3)n1)CC(C)(C)O. The fourth-order valence-corrected chi connectivity index (χ4v) is 3.34. The zero-order chi connectivity index (χ0) is 15.7. The molecule has 0 saturated heterocycles. The number of hydrogen-bond acceptors (Lipinski definition) is 6. The van der Waals surface area contributed by atoms with E-state index in [4.69, 9.17) is 9.47 Å². The summed E-state index contributed by atoms with van der Waals surface area (Å²) in [4.78, 5) is 6.74. The van der Waals surface area contributed by atoms with Crippen LogP contribution in [0.4, 0.5) is 0 Å². The van der Waals surface area contributed by atoms with Crippen LogP contribution < -0.4 is 9.47 Å². The number of nitrogens with zero attached hydrogens (tertiary/aromatic N) is 2. The summed E-state index contributed by atoms with van der Waals surface area (Å²) in [5.74, 6) is 1.55. The predicted octanol–water partition coefficient (Wildman–Crippen LogP) is 2.74. The van der Waals surface area contributed by atoms with Gasteiger partial charge in [-0.1, -0.05) is 0 Å². The Kier molecular flexibility index (Phi) is 4.08. The molecule has 22 heavy (non-hydrogen) atoms. The highest BCUT2D eigenvalue weighted by atomic mass is 32.1. The minimum Gasteiger partial charge on any atom is -0.454 e. The Bertz CT molecular complexity index is 664. The van der Waals surface area contributed by atoms with Crippen LogP contribution in [0.5, 0.6) is 11.5 Å². The van der Waals surface area contributed by atoms with Gasteiger partial charge in [0.1, 0.15) is 5.01 Å². The van der Waals surface area contributed by atoms with Gasteiger partial charge in [0.05, 0.1) is 11.3 Å². The zero-order valence-electron chi connectivity index (χ0n) is 13.0. The molecule has 0 unspecified atom stereocenters. The molecule has 0 fully saturated rings. The molecule has 0 spiro atoms. The van der Waals surface area contributed by atoms with Gasteiger partial charge >= 0.3 is 0 Å². The van der Waals surface area contributed by atoms with Crippen molar-refractivity contribution in [3.05, 3.63) is 29.3 Å². The second kappa shape index (κ2) is 5.87. The minimum absolute atomic E-state index is 0.281. The van der Waals surface area contributed by atoms with Crippen molar-refractivity contribution in [1.29, 1.82) is 0 Å². The van der Waals surface area contributed by atoms with Crippen molar-refractivity contribution >= 4 is 11.3 Å². The molecule has 0 saturated carbocycles. The first-order valence-electron chi connectivity index (χ1n) is 7.16. The zero-order valence-corrected chi connectivity index (χ0v) is 13.8. The number of likely N-dealkylation sites (N-methyl/N-ethyl adjacent to an activating group) is 1. The van der Waals surface area contributed by atoms with Crippen LogP contribution >= 0.6 is 11.3 Å². The predicted molar refractivity (Wildman–Crippen MR) is 86.3 cm³/mol. The summed E-state index contributed by atoms with van der Waals surface area (Å²) in [6.45, 7) is 5.21. The van der Waals surface area contributed by atoms with Gasteiger partial charge in [-0.3, -0.25) is 4.90 Å².